The zero-order valence-electron chi connectivity index (χ0n) is 13.6. The van der Waals surface area contributed by atoms with Gasteiger partial charge >= 0.3 is 0 Å². The van der Waals surface area contributed by atoms with E-state index in [-0.39, 0.29) is 6.10 Å². The Balaban J connectivity index is 1.51. The third-order valence-electron chi connectivity index (χ3n) is 4.14. The van der Waals surface area contributed by atoms with Crippen molar-refractivity contribution in [3.63, 3.8) is 0 Å². The number of benzene rings is 2. The highest BCUT2D eigenvalue weighted by molar-refractivity contribution is 5.87. The Bertz CT molecular complexity index is 837. The van der Waals surface area contributed by atoms with Crippen molar-refractivity contribution in [3.8, 4) is 17.0 Å². The number of aromatic nitrogens is 2. The number of ether oxygens (including phenoxy) is 3. The summed E-state index contributed by atoms with van der Waals surface area (Å²) in [6.45, 7) is 2.42. The second kappa shape index (κ2) is 6.63. The maximum atomic E-state index is 5.85. The molecule has 2 heterocycles. The first kappa shape index (κ1) is 15.2. The highest BCUT2D eigenvalue weighted by atomic mass is 16.6. The van der Waals surface area contributed by atoms with Gasteiger partial charge < -0.3 is 14.2 Å². The zero-order chi connectivity index (χ0) is 16.4. The summed E-state index contributed by atoms with van der Waals surface area (Å²) in [4.78, 5) is 0. The van der Waals surface area contributed by atoms with Gasteiger partial charge in [0.25, 0.3) is 0 Å². The fourth-order valence-corrected chi connectivity index (χ4v) is 2.86. The molecule has 0 saturated carbocycles. The third-order valence-corrected chi connectivity index (χ3v) is 4.14. The molecule has 1 atom stereocenters. The van der Waals surface area contributed by atoms with Crippen molar-refractivity contribution < 1.29 is 14.2 Å². The van der Waals surface area contributed by atoms with E-state index >= 15 is 0 Å². The Morgan fingerprint density at radius 2 is 2.00 bits per heavy atom. The van der Waals surface area contributed by atoms with Crippen molar-refractivity contribution in [2.24, 2.45) is 7.05 Å². The summed E-state index contributed by atoms with van der Waals surface area (Å²) in [6, 6.07) is 14.5. The predicted molar refractivity (Wildman–Crippen MR) is 92.2 cm³/mol. The monoisotopic (exact) mass is 324 g/mol. The number of rotatable bonds is 4. The van der Waals surface area contributed by atoms with Gasteiger partial charge in [-0.3, -0.25) is 4.68 Å². The molecular formula is C19H20N2O3. The van der Waals surface area contributed by atoms with Gasteiger partial charge in [-0.25, -0.2) is 0 Å². The number of aryl methyl sites for hydroxylation is 1. The van der Waals surface area contributed by atoms with E-state index in [1.54, 1.807) is 0 Å². The molecule has 124 valence electrons. The van der Waals surface area contributed by atoms with Crippen LogP contribution in [0.25, 0.3) is 22.0 Å². The van der Waals surface area contributed by atoms with Gasteiger partial charge in [0.15, 0.2) is 0 Å². The van der Waals surface area contributed by atoms with Crippen LogP contribution in [0.1, 0.15) is 0 Å². The largest absolute Gasteiger partial charge is 0.491 e. The van der Waals surface area contributed by atoms with Crippen LogP contribution in [0.3, 0.4) is 0 Å². The molecule has 1 aliphatic rings. The second-order valence-corrected chi connectivity index (χ2v) is 5.98. The van der Waals surface area contributed by atoms with E-state index < -0.39 is 0 Å². The lowest BCUT2D eigenvalue weighted by Gasteiger charge is -2.23. The average molecular weight is 324 g/mol. The lowest BCUT2D eigenvalue weighted by atomic mass is 10.0. The van der Waals surface area contributed by atoms with Crippen LogP contribution in [0, 0.1) is 0 Å². The lowest BCUT2D eigenvalue weighted by molar-refractivity contribution is -0.101. The van der Waals surface area contributed by atoms with Crippen LogP contribution in [0.4, 0.5) is 0 Å². The van der Waals surface area contributed by atoms with Gasteiger partial charge in [0.05, 0.1) is 25.5 Å². The SMILES string of the molecule is Cn1ccc(-c2ccc3cc(OCC4COCCO4)ccc3c2)n1. The molecular weight excluding hydrogens is 304 g/mol. The maximum absolute atomic E-state index is 5.85. The van der Waals surface area contributed by atoms with E-state index in [1.807, 2.05) is 30.1 Å². The highest BCUT2D eigenvalue weighted by Crippen LogP contribution is 2.26. The predicted octanol–water partition coefficient (Wildman–Crippen LogP) is 3.03. The first-order chi connectivity index (χ1) is 11.8. The fraction of sp³-hybridized carbons (Fsp3) is 0.316. The molecule has 0 bridgehead atoms. The van der Waals surface area contributed by atoms with Gasteiger partial charge in [-0.1, -0.05) is 18.2 Å². The molecule has 1 fully saturated rings. The van der Waals surface area contributed by atoms with Crippen molar-refractivity contribution in [3.05, 3.63) is 48.7 Å². The van der Waals surface area contributed by atoms with Crippen molar-refractivity contribution in [2.75, 3.05) is 26.4 Å². The Morgan fingerprint density at radius 3 is 2.79 bits per heavy atom. The normalized spacial score (nSPS) is 18.0. The summed E-state index contributed by atoms with van der Waals surface area (Å²) in [5.74, 6) is 0.849. The molecule has 1 aromatic heterocycles. The number of fused-ring (bicyclic) bond motifs is 1. The van der Waals surface area contributed by atoms with E-state index in [2.05, 4.69) is 35.4 Å². The van der Waals surface area contributed by atoms with Crippen LogP contribution in [0.15, 0.2) is 48.7 Å². The molecule has 5 nitrogen and oxygen atoms in total. The van der Waals surface area contributed by atoms with Gasteiger partial charge in [-0.2, -0.15) is 5.10 Å². The number of nitrogens with zero attached hydrogens (tertiary/aromatic N) is 2. The first-order valence-corrected chi connectivity index (χ1v) is 8.14. The van der Waals surface area contributed by atoms with Crippen LogP contribution in [0.5, 0.6) is 5.75 Å². The number of hydrogen-bond acceptors (Lipinski definition) is 4. The summed E-state index contributed by atoms with van der Waals surface area (Å²) < 4.78 is 18.6. The minimum Gasteiger partial charge on any atom is -0.491 e. The summed E-state index contributed by atoms with van der Waals surface area (Å²) in [7, 11) is 1.93. The molecule has 24 heavy (non-hydrogen) atoms. The van der Waals surface area contributed by atoms with Crippen molar-refractivity contribution in [2.45, 2.75) is 6.10 Å². The first-order valence-electron chi connectivity index (χ1n) is 8.14. The standard InChI is InChI=1S/C19H20N2O3/c1-21-7-6-19(20-21)16-3-2-15-11-17(5-4-14(15)10-16)24-13-18-12-22-8-9-23-18/h2-7,10-11,18H,8-9,12-13H2,1H3. The van der Waals surface area contributed by atoms with Crippen LogP contribution in [0.2, 0.25) is 0 Å². The minimum atomic E-state index is 0.0148. The van der Waals surface area contributed by atoms with Crippen LogP contribution in [-0.4, -0.2) is 42.3 Å². The van der Waals surface area contributed by atoms with Crippen molar-refractivity contribution in [1.29, 1.82) is 0 Å². The minimum absolute atomic E-state index is 0.0148. The van der Waals surface area contributed by atoms with Gasteiger partial charge in [0.1, 0.15) is 18.5 Å². The molecule has 1 unspecified atom stereocenters. The molecule has 3 aromatic rings. The second-order valence-electron chi connectivity index (χ2n) is 5.98. The van der Waals surface area contributed by atoms with Gasteiger partial charge in [0.2, 0.25) is 0 Å². The molecule has 4 rings (SSSR count). The molecule has 5 heteroatoms. The Hall–Kier alpha value is -2.37. The Labute approximate surface area is 140 Å². The highest BCUT2D eigenvalue weighted by Gasteiger charge is 2.15. The van der Waals surface area contributed by atoms with Gasteiger partial charge in [0, 0.05) is 18.8 Å². The molecule has 0 aliphatic carbocycles. The molecule has 0 amide bonds. The molecule has 1 saturated heterocycles. The summed E-state index contributed by atoms with van der Waals surface area (Å²) in [5, 5.41) is 6.77. The van der Waals surface area contributed by atoms with Crippen LogP contribution >= 0.6 is 0 Å². The maximum Gasteiger partial charge on any atom is 0.120 e. The van der Waals surface area contributed by atoms with Crippen molar-refractivity contribution >= 4 is 10.8 Å². The summed E-state index contributed by atoms with van der Waals surface area (Å²) in [6.07, 6.45) is 1.97. The van der Waals surface area contributed by atoms with Gasteiger partial charge in [-0.05, 0) is 35.0 Å². The zero-order valence-corrected chi connectivity index (χ0v) is 13.6. The molecule has 0 spiro atoms. The average Bonchev–Trinajstić information content (AvgIpc) is 3.07. The summed E-state index contributed by atoms with van der Waals surface area (Å²) >= 11 is 0. The third kappa shape index (κ3) is 3.27. The Morgan fingerprint density at radius 1 is 1.12 bits per heavy atom. The van der Waals surface area contributed by atoms with E-state index in [4.69, 9.17) is 14.2 Å². The van der Waals surface area contributed by atoms with E-state index in [1.165, 1.54) is 5.39 Å². The van der Waals surface area contributed by atoms with E-state index in [0.717, 1.165) is 22.4 Å². The smallest absolute Gasteiger partial charge is 0.120 e. The number of hydrogen-bond donors (Lipinski definition) is 0. The van der Waals surface area contributed by atoms with Crippen molar-refractivity contribution in [1.82, 2.24) is 9.78 Å². The molecule has 2 aromatic carbocycles. The quantitative estimate of drug-likeness (QED) is 0.740. The van der Waals surface area contributed by atoms with Crippen LogP contribution in [-0.2, 0) is 16.5 Å². The lowest BCUT2D eigenvalue weighted by Crippen LogP contribution is -2.33. The topological polar surface area (TPSA) is 45.5 Å². The molecule has 0 N–H and O–H groups in total. The van der Waals surface area contributed by atoms with E-state index in [9.17, 15) is 0 Å². The molecule has 1 aliphatic heterocycles. The van der Waals surface area contributed by atoms with Crippen LogP contribution < -0.4 is 4.74 Å². The molecule has 0 radical (unpaired) electrons. The summed E-state index contributed by atoms with van der Waals surface area (Å²) in [5.41, 5.74) is 2.10. The Kier molecular flexibility index (Phi) is 4.19. The van der Waals surface area contributed by atoms with E-state index in [0.29, 0.717) is 26.4 Å². The fourth-order valence-electron chi connectivity index (χ4n) is 2.86. The van der Waals surface area contributed by atoms with Gasteiger partial charge in [-0.15, -0.1) is 0 Å².